The Morgan fingerprint density at radius 2 is 2.55 bits per heavy atom. The molecule has 1 heterocycles. The van der Waals surface area contributed by atoms with Gasteiger partial charge in [-0.1, -0.05) is 5.21 Å². The highest BCUT2D eigenvalue weighted by Gasteiger charge is 1.93. The van der Waals surface area contributed by atoms with Crippen molar-refractivity contribution in [1.82, 2.24) is 15.0 Å². The minimum atomic E-state index is -0.273. The molecule has 0 aliphatic rings. The monoisotopic (exact) mass is 155 g/mol. The molecule has 60 valence electrons. The lowest BCUT2D eigenvalue weighted by molar-refractivity contribution is -0.141. The van der Waals surface area contributed by atoms with Gasteiger partial charge in [0.05, 0.1) is 12.7 Å². The second-order valence-corrected chi connectivity index (χ2v) is 2.01. The summed E-state index contributed by atoms with van der Waals surface area (Å²) in [5.41, 5.74) is 0. The minimum absolute atomic E-state index is 0.273. The van der Waals surface area contributed by atoms with E-state index in [9.17, 15) is 4.79 Å². The maximum absolute atomic E-state index is 10.3. The van der Waals surface area contributed by atoms with Gasteiger partial charge in [-0.3, -0.25) is 4.79 Å². The summed E-state index contributed by atoms with van der Waals surface area (Å²) in [4.78, 5) is 10.3. The third-order valence-electron chi connectivity index (χ3n) is 1.10. The van der Waals surface area contributed by atoms with Crippen LogP contribution < -0.4 is 0 Å². The van der Waals surface area contributed by atoms with Crippen molar-refractivity contribution in [2.45, 2.75) is 13.5 Å². The molecule has 0 bridgehead atoms. The SMILES string of the molecule is CC(=O)OCCn1ccnn1. The average Bonchev–Trinajstić information content (AvgIpc) is 2.39. The van der Waals surface area contributed by atoms with Gasteiger partial charge in [-0.2, -0.15) is 0 Å². The van der Waals surface area contributed by atoms with E-state index in [1.54, 1.807) is 17.1 Å². The van der Waals surface area contributed by atoms with Crippen LogP contribution in [-0.4, -0.2) is 27.6 Å². The highest BCUT2D eigenvalue weighted by atomic mass is 16.5. The fourth-order valence-corrected chi connectivity index (χ4v) is 0.635. The molecule has 0 amide bonds. The molecule has 0 atom stereocenters. The molecular formula is C6H9N3O2. The third-order valence-corrected chi connectivity index (χ3v) is 1.10. The summed E-state index contributed by atoms with van der Waals surface area (Å²) in [5.74, 6) is -0.273. The summed E-state index contributed by atoms with van der Waals surface area (Å²) in [6.07, 6.45) is 3.29. The Bertz CT molecular complexity index is 220. The predicted molar refractivity (Wildman–Crippen MR) is 36.7 cm³/mol. The molecule has 11 heavy (non-hydrogen) atoms. The van der Waals surface area contributed by atoms with Crippen molar-refractivity contribution < 1.29 is 9.53 Å². The van der Waals surface area contributed by atoms with Crippen molar-refractivity contribution in [2.75, 3.05) is 6.61 Å². The van der Waals surface area contributed by atoms with Crippen LogP contribution in [0.5, 0.6) is 0 Å². The number of rotatable bonds is 3. The van der Waals surface area contributed by atoms with Gasteiger partial charge < -0.3 is 4.74 Å². The number of ether oxygens (including phenoxy) is 1. The molecule has 0 saturated heterocycles. The van der Waals surface area contributed by atoms with Gasteiger partial charge in [0.25, 0.3) is 0 Å². The molecule has 1 aromatic heterocycles. The van der Waals surface area contributed by atoms with E-state index in [2.05, 4.69) is 15.0 Å². The van der Waals surface area contributed by atoms with Gasteiger partial charge in [-0.25, -0.2) is 4.68 Å². The van der Waals surface area contributed by atoms with Gasteiger partial charge in [0, 0.05) is 13.1 Å². The lowest BCUT2D eigenvalue weighted by Gasteiger charge is -1.99. The molecule has 0 fully saturated rings. The van der Waals surface area contributed by atoms with E-state index in [0.29, 0.717) is 13.2 Å². The smallest absolute Gasteiger partial charge is 0.302 e. The number of nitrogens with zero attached hydrogens (tertiary/aromatic N) is 3. The predicted octanol–water partition coefficient (Wildman–Crippen LogP) is -0.159. The van der Waals surface area contributed by atoms with Crippen molar-refractivity contribution in [3.05, 3.63) is 12.4 Å². The van der Waals surface area contributed by atoms with E-state index in [1.807, 2.05) is 0 Å². The van der Waals surface area contributed by atoms with Crippen molar-refractivity contribution in [3.63, 3.8) is 0 Å². The van der Waals surface area contributed by atoms with Gasteiger partial charge in [-0.05, 0) is 0 Å². The highest BCUT2D eigenvalue weighted by Crippen LogP contribution is 1.82. The van der Waals surface area contributed by atoms with Crippen molar-refractivity contribution in [2.24, 2.45) is 0 Å². The van der Waals surface area contributed by atoms with Gasteiger partial charge in [0.1, 0.15) is 6.61 Å². The number of esters is 1. The molecule has 0 saturated carbocycles. The second kappa shape index (κ2) is 3.70. The third kappa shape index (κ3) is 2.79. The van der Waals surface area contributed by atoms with Crippen molar-refractivity contribution >= 4 is 5.97 Å². The summed E-state index contributed by atoms with van der Waals surface area (Å²) in [6.45, 7) is 2.28. The zero-order chi connectivity index (χ0) is 8.10. The number of hydrogen-bond donors (Lipinski definition) is 0. The molecule has 0 aliphatic heterocycles. The van der Waals surface area contributed by atoms with E-state index < -0.39 is 0 Å². The molecule has 5 heteroatoms. The fourth-order valence-electron chi connectivity index (χ4n) is 0.635. The largest absolute Gasteiger partial charge is 0.464 e. The first-order valence-electron chi connectivity index (χ1n) is 3.26. The Morgan fingerprint density at radius 3 is 3.09 bits per heavy atom. The second-order valence-electron chi connectivity index (χ2n) is 2.01. The Hall–Kier alpha value is -1.39. The molecule has 0 aromatic carbocycles. The molecular weight excluding hydrogens is 146 g/mol. The van der Waals surface area contributed by atoms with E-state index in [1.165, 1.54) is 6.92 Å². The van der Waals surface area contributed by atoms with Crippen molar-refractivity contribution in [3.8, 4) is 0 Å². The van der Waals surface area contributed by atoms with Crippen LogP contribution in [0.15, 0.2) is 12.4 Å². The maximum atomic E-state index is 10.3. The first-order valence-corrected chi connectivity index (χ1v) is 3.26. The Morgan fingerprint density at radius 1 is 1.73 bits per heavy atom. The van der Waals surface area contributed by atoms with E-state index in [0.717, 1.165) is 0 Å². The highest BCUT2D eigenvalue weighted by molar-refractivity contribution is 5.65. The Balaban J connectivity index is 2.19. The number of aromatic nitrogens is 3. The molecule has 5 nitrogen and oxygen atoms in total. The number of hydrogen-bond acceptors (Lipinski definition) is 4. The zero-order valence-electron chi connectivity index (χ0n) is 6.23. The molecule has 0 spiro atoms. The Labute approximate surface area is 64.0 Å². The average molecular weight is 155 g/mol. The summed E-state index contributed by atoms with van der Waals surface area (Å²) < 4.78 is 6.29. The summed E-state index contributed by atoms with van der Waals surface area (Å²) in [7, 11) is 0. The molecule has 1 rings (SSSR count). The molecule has 0 unspecified atom stereocenters. The van der Waals surface area contributed by atoms with Gasteiger partial charge in [-0.15, -0.1) is 5.10 Å². The summed E-state index contributed by atoms with van der Waals surface area (Å²) >= 11 is 0. The van der Waals surface area contributed by atoms with Crippen molar-refractivity contribution in [1.29, 1.82) is 0 Å². The van der Waals surface area contributed by atoms with Crippen LogP contribution in [0.25, 0.3) is 0 Å². The topological polar surface area (TPSA) is 57.0 Å². The van der Waals surface area contributed by atoms with Gasteiger partial charge in [0.2, 0.25) is 0 Å². The fraction of sp³-hybridized carbons (Fsp3) is 0.500. The standard InChI is InChI=1S/C6H9N3O2/c1-6(10)11-5-4-9-3-2-7-8-9/h2-3H,4-5H2,1H3. The first kappa shape index (κ1) is 7.71. The van der Waals surface area contributed by atoms with E-state index in [4.69, 9.17) is 0 Å². The molecule has 0 radical (unpaired) electrons. The number of carbonyl (C=O) groups is 1. The van der Waals surface area contributed by atoms with Crippen LogP contribution in [0.3, 0.4) is 0 Å². The van der Waals surface area contributed by atoms with E-state index in [-0.39, 0.29) is 5.97 Å². The summed E-state index contributed by atoms with van der Waals surface area (Å²) in [6, 6.07) is 0. The van der Waals surface area contributed by atoms with E-state index >= 15 is 0 Å². The van der Waals surface area contributed by atoms with Crippen LogP contribution in [-0.2, 0) is 16.1 Å². The molecule has 0 N–H and O–H groups in total. The quantitative estimate of drug-likeness (QED) is 0.569. The zero-order valence-corrected chi connectivity index (χ0v) is 6.23. The van der Waals surface area contributed by atoms with Crippen LogP contribution in [0, 0.1) is 0 Å². The first-order chi connectivity index (χ1) is 5.29. The van der Waals surface area contributed by atoms with Crippen LogP contribution in [0.4, 0.5) is 0 Å². The van der Waals surface area contributed by atoms with Gasteiger partial charge in [0.15, 0.2) is 0 Å². The lowest BCUT2D eigenvalue weighted by atomic mass is 10.7. The maximum Gasteiger partial charge on any atom is 0.302 e. The summed E-state index contributed by atoms with van der Waals surface area (Å²) in [5, 5.41) is 7.28. The Kier molecular flexibility index (Phi) is 2.59. The van der Waals surface area contributed by atoms with Crippen LogP contribution in [0.1, 0.15) is 6.92 Å². The molecule has 0 aliphatic carbocycles. The van der Waals surface area contributed by atoms with Crippen LogP contribution >= 0.6 is 0 Å². The number of carbonyl (C=O) groups excluding carboxylic acids is 1. The lowest BCUT2D eigenvalue weighted by Crippen LogP contribution is -2.09. The minimum Gasteiger partial charge on any atom is -0.464 e. The van der Waals surface area contributed by atoms with Crippen LogP contribution in [0.2, 0.25) is 0 Å². The molecule has 1 aromatic rings. The normalized spacial score (nSPS) is 9.55. The van der Waals surface area contributed by atoms with Gasteiger partial charge >= 0.3 is 5.97 Å².